The van der Waals surface area contributed by atoms with E-state index in [4.69, 9.17) is 9.97 Å². The van der Waals surface area contributed by atoms with E-state index in [1.807, 2.05) is 38.0 Å². The molecule has 0 saturated heterocycles. The summed E-state index contributed by atoms with van der Waals surface area (Å²) in [7, 11) is 4.09. The normalized spacial score (nSPS) is 22.5. The molecule has 0 bridgehead atoms. The van der Waals surface area contributed by atoms with Crippen LogP contribution >= 0.6 is 11.8 Å². The average Bonchev–Trinajstić information content (AvgIpc) is 3.61. The molecular weight excluding hydrogens is 486 g/mol. The first-order valence-corrected chi connectivity index (χ1v) is 14.6. The fourth-order valence-corrected chi connectivity index (χ4v) is 6.83. The van der Waals surface area contributed by atoms with Crippen LogP contribution in [0.4, 0.5) is 11.8 Å². The molecule has 0 radical (unpaired) electrons. The number of anilines is 2. The molecule has 2 N–H and O–H groups in total. The SMILES string of the molecule is Cc1ccc(Sc2ccccc2CNC2CC23CCC(Nc2nc(N(C)C)c4ccccc4n2)CC3)cc1. The topological polar surface area (TPSA) is 53.1 Å². The van der Waals surface area contributed by atoms with Crippen molar-refractivity contribution in [3.05, 3.63) is 83.9 Å². The number of benzene rings is 3. The average molecular weight is 524 g/mol. The number of rotatable bonds is 8. The van der Waals surface area contributed by atoms with Crippen molar-refractivity contribution in [1.29, 1.82) is 0 Å². The number of nitrogens with one attached hydrogen (secondary N) is 2. The fourth-order valence-electron chi connectivity index (χ4n) is 5.89. The molecule has 2 fully saturated rings. The minimum atomic E-state index is 0.435. The van der Waals surface area contributed by atoms with Gasteiger partial charge in [-0.15, -0.1) is 0 Å². The van der Waals surface area contributed by atoms with E-state index < -0.39 is 0 Å². The predicted molar refractivity (Wildman–Crippen MR) is 159 cm³/mol. The molecule has 38 heavy (non-hydrogen) atoms. The van der Waals surface area contributed by atoms with Crippen LogP contribution in [0.1, 0.15) is 43.2 Å². The second-order valence-electron chi connectivity index (χ2n) is 11.2. The monoisotopic (exact) mass is 523 g/mol. The molecule has 6 rings (SSSR count). The number of hydrogen-bond donors (Lipinski definition) is 2. The quantitative estimate of drug-likeness (QED) is 0.258. The lowest BCUT2D eigenvalue weighted by Gasteiger charge is -2.30. The third-order valence-corrected chi connectivity index (χ3v) is 9.40. The molecule has 1 atom stereocenters. The van der Waals surface area contributed by atoms with Gasteiger partial charge in [0.05, 0.1) is 5.52 Å². The number of para-hydroxylation sites is 1. The van der Waals surface area contributed by atoms with Crippen LogP contribution in [0.3, 0.4) is 0 Å². The van der Waals surface area contributed by atoms with Gasteiger partial charge in [-0.25, -0.2) is 4.98 Å². The Hall–Kier alpha value is -3.09. The van der Waals surface area contributed by atoms with E-state index in [0.717, 1.165) is 29.2 Å². The maximum absolute atomic E-state index is 4.86. The zero-order valence-electron chi connectivity index (χ0n) is 22.6. The van der Waals surface area contributed by atoms with E-state index >= 15 is 0 Å². The summed E-state index contributed by atoms with van der Waals surface area (Å²) < 4.78 is 0. The number of aryl methyl sites for hydroxylation is 1. The highest BCUT2D eigenvalue weighted by atomic mass is 32.2. The minimum Gasteiger partial charge on any atom is -0.362 e. The van der Waals surface area contributed by atoms with E-state index in [9.17, 15) is 0 Å². The Morgan fingerprint density at radius 2 is 1.66 bits per heavy atom. The number of aromatic nitrogens is 2. The summed E-state index contributed by atoms with van der Waals surface area (Å²) in [4.78, 5) is 14.4. The van der Waals surface area contributed by atoms with Gasteiger partial charge in [-0.1, -0.05) is 59.8 Å². The Bertz CT molecular complexity index is 1410. The summed E-state index contributed by atoms with van der Waals surface area (Å²) in [6.07, 6.45) is 6.16. The lowest BCUT2D eigenvalue weighted by molar-refractivity contribution is 0.296. The molecule has 1 aromatic heterocycles. The molecule has 1 spiro atoms. The minimum absolute atomic E-state index is 0.435. The second kappa shape index (κ2) is 10.6. The van der Waals surface area contributed by atoms with Crippen molar-refractivity contribution in [1.82, 2.24) is 15.3 Å². The lowest BCUT2D eigenvalue weighted by atomic mass is 9.83. The highest BCUT2D eigenvalue weighted by Crippen LogP contribution is 2.56. The first-order chi connectivity index (χ1) is 18.5. The van der Waals surface area contributed by atoms with Crippen LogP contribution in [0.2, 0.25) is 0 Å². The van der Waals surface area contributed by atoms with Gasteiger partial charge >= 0.3 is 0 Å². The maximum atomic E-state index is 4.86. The number of fused-ring (bicyclic) bond motifs is 1. The van der Waals surface area contributed by atoms with Gasteiger partial charge in [0, 0.05) is 47.9 Å². The molecule has 4 aromatic rings. The summed E-state index contributed by atoms with van der Waals surface area (Å²) in [6.45, 7) is 3.07. The summed E-state index contributed by atoms with van der Waals surface area (Å²) in [5.41, 5.74) is 4.15. The summed E-state index contributed by atoms with van der Waals surface area (Å²) in [6, 6.07) is 27.0. The Labute approximate surface area is 230 Å². The van der Waals surface area contributed by atoms with Gasteiger partial charge < -0.3 is 15.5 Å². The van der Waals surface area contributed by atoms with Crippen molar-refractivity contribution in [2.75, 3.05) is 24.3 Å². The lowest BCUT2D eigenvalue weighted by Crippen LogP contribution is -2.32. The van der Waals surface area contributed by atoms with Crippen LogP contribution in [-0.2, 0) is 6.54 Å². The largest absolute Gasteiger partial charge is 0.362 e. The van der Waals surface area contributed by atoms with E-state index in [1.54, 1.807) is 0 Å². The van der Waals surface area contributed by atoms with Crippen LogP contribution in [-0.4, -0.2) is 36.1 Å². The highest BCUT2D eigenvalue weighted by Gasteiger charge is 2.54. The third-order valence-electron chi connectivity index (χ3n) is 8.27. The smallest absolute Gasteiger partial charge is 0.225 e. The number of nitrogens with zero attached hydrogens (tertiary/aromatic N) is 3. The van der Waals surface area contributed by atoms with Crippen LogP contribution in [0.25, 0.3) is 10.9 Å². The Balaban J connectivity index is 1.04. The molecular formula is C32H37N5S. The maximum Gasteiger partial charge on any atom is 0.225 e. The van der Waals surface area contributed by atoms with Gasteiger partial charge in [0.25, 0.3) is 0 Å². The third kappa shape index (κ3) is 5.38. The zero-order valence-corrected chi connectivity index (χ0v) is 23.4. The zero-order chi connectivity index (χ0) is 26.1. The van der Waals surface area contributed by atoms with E-state index in [-0.39, 0.29) is 0 Å². The molecule has 2 saturated carbocycles. The summed E-state index contributed by atoms with van der Waals surface area (Å²) in [5.74, 6) is 1.72. The Morgan fingerprint density at radius 3 is 2.45 bits per heavy atom. The fraction of sp³-hybridized carbons (Fsp3) is 0.375. The summed E-state index contributed by atoms with van der Waals surface area (Å²) >= 11 is 1.86. The summed E-state index contributed by atoms with van der Waals surface area (Å²) in [5, 5.41) is 8.67. The van der Waals surface area contributed by atoms with Crippen molar-refractivity contribution in [3.63, 3.8) is 0 Å². The standard InChI is InChI=1S/C32H37N5S/c1-22-12-14-25(15-13-22)38-28-11-7-4-8-23(28)21-33-29-20-32(29)18-16-24(17-19-32)34-31-35-27-10-6-5-9-26(27)30(36-31)37(2)3/h4-15,24,29,33H,16-21H2,1-3H3,(H,34,35,36). The first kappa shape index (κ1) is 25.2. The second-order valence-corrected chi connectivity index (χ2v) is 12.3. The van der Waals surface area contributed by atoms with Gasteiger partial charge in [0.1, 0.15) is 5.82 Å². The Kier molecular flexibility index (Phi) is 7.02. The van der Waals surface area contributed by atoms with Crippen molar-refractivity contribution in [2.24, 2.45) is 5.41 Å². The van der Waals surface area contributed by atoms with Crippen molar-refractivity contribution in [2.45, 2.75) is 67.4 Å². The van der Waals surface area contributed by atoms with Gasteiger partial charge in [0.15, 0.2) is 0 Å². The van der Waals surface area contributed by atoms with E-state index in [0.29, 0.717) is 17.5 Å². The Morgan fingerprint density at radius 1 is 0.921 bits per heavy atom. The van der Waals surface area contributed by atoms with Gasteiger partial charge in [-0.05, 0) is 80.3 Å². The molecule has 1 unspecified atom stereocenters. The van der Waals surface area contributed by atoms with Gasteiger partial charge in [0.2, 0.25) is 5.95 Å². The molecule has 0 amide bonds. The molecule has 2 aliphatic carbocycles. The van der Waals surface area contributed by atoms with Crippen molar-refractivity contribution >= 4 is 34.4 Å². The van der Waals surface area contributed by atoms with Crippen LogP contribution in [0.15, 0.2) is 82.6 Å². The molecule has 5 nitrogen and oxygen atoms in total. The number of hydrogen-bond acceptors (Lipinski definition) is 6. The molecule has 3 aromatic carbocycles. The van der Waals surface area contributed by atoms with E-state index in [2.05, 4.69) is 83.1 Å². The first-order valence-electron chi connectivity index (χ1n) is 13.8. The van der Waals surface area contributed by atoms with Gasteiger partial charge in [-0.3, -0.25) is 0 Å². The van der Waals surface area contributed by atoms with Crippen LogP contribution in [0, 0.1) is 12.3 Å². The van der Waals surface area contributed by atoms with Crippen molar-refractivity contribution < 1.29 is 0 Å². The molecule has 196 valence electrons. The van der Waals surface area contributed by atoms with Crippen LogP contribution in [0.5, 0.6) is 0 Å². The van der Waals surface area contributed by atoms with Crippen LogP contribution < -0.4 is 15.5 Å². The highest BCUT2D eigenvalue weighted by molar-refractivity contribution is 7.99. The molecule has 1 heterocycles. The molecule has 6 heteroatoms. The molecule has 0 aliphatic heterocycles. The van der Waals surface area contributed by atoms with E-state index in [1.165, 1.54) is 53.0 Å². The predicted octanol–water partition coefficient (Wildman–Crippen LogP) is 7.06. The van der Waals surface area contributed by atoms with Crippen molar-refractivity contribution in [3.8, 4) is 0 Å². The molecule has 2 aliphatic rings. The van der Waals surface area contributed by atoms with Gasteiger partial charge in [-0.2, -0.15) is 4.98 Å².